The van der Waals surface area contributed by atoms with Crippen molar-refractivity contribution in [1.82, 2.24) is 5.32 Å². The average Bonchev–Trinajstić information content (AvgIpc) is 2.71. The van der Waals surface area contributed by atoms with Crippen molar-refractivity contribution in [2.24, 2.45) is 0 Å². The molecule has 0 aliphatic heterocycles. The van der Waals surface area contributed by atoms with Gasteiger partial charge in [-0.1, -0.05) is 19.8 Å². The maximum atomic E-state index is 5.81. The Morgan fingerprint density at radius 2 is 2.07 bits per heavy atom. The molecule has 0 radical (unpaired) electrons. The van der Waals surface area contributed by atoms with E-state index < -0.39 is 0 Å². The second-order valence-electron chi connectivity index (χ2n) is 4.31. The van der Waals surface area contributed by atoms with Crippen molar-refractivity contribution in [3.05, 3.63) is 0 Å². The highest BCUT2D eigenvalue weighted by molar-refractivity contribution is 4.67. The van der Waals surface area contributed by atoms with Crippen molar-refractivity contribution < 1.29 is 4.74 Å². The van der Waals surface area contributed by atoms with Crippen molar-refractivity contribution in [3.63, 3.8) is 0 Å². The molecular weight excluding hydrogens is 174 g/mol. The smallest absolute Gasteiger partial charge is 0.0575 e. The second-order valence-corrected chi connectivity index (χ2v) is 4.31. The van der Waals surface area contributed by atoms with E-state index in [4.69, 9.17) is 4.74 Å². The Labute approximate surface area is 88.4 Å². The molecule has 0 aromatic carbocycles. The Morgan fingerprint density at radius 1 is 1.36 bits per heavy atom. The molecule has 1 atom stereocenters. The molecule has 1 saturated carbocycles. The van der Waals surface area contributed by atoms with Gasteiger partial charge in [0.15, 0.2) is 0 Å². The van der Waals surface area contributed by atoms with Crippen molar-refractivity contribution >= 4 is 0 Å². The molecule has 1 aliphatic carbocycles. The summed E-state index contributed by atoms with van der Waals surface area (Å²) < 4.78 is 5.81. The molecule has 1 rings (SSSR count). The van der Waals surface area contributed by atoms with Crippen LogP contribution in [0.15, 0.2) is 0 Å². The highest BCUT2D eigenvalue weighted by Gasteiger charge is 2.14. The number of ether oxygens (including phenoxy) is 1. The first-order valence-corrected chi connectivity index (χ1v) is 6.15. The van der Waals surface area contributed by atoms with E-state index in [-0.39, 0.29) is 0 Å². The number of hydrogen-bond donors (Lipinski definition) is 1. The molecule has 0 amide bonds. The Kier molecular flexibility index (Phi) is 6.20. The van der Waals surface area contributed by atoms with Crippen LogP contribution in [-0.4, -0.2) is 25.8 Å². The van der Waals surface area contributed by atoms with Gasteiger partial charge in [0.1, 0.15) is 0 Å². The third-order valence-corrected chi connectivity index (χ3v) is 3.25. The summed E-state index contributed by atoms with van der Waals surface area (Å²) in [7, 11) is 2.05. The van der Waals surface area contributed by atoms with Crippen LogP contribution in [0.1, 0.15) is 51.9 Å². The van der Waals surface area contributed by atoms with Crippen LogP contribution >= 0.6 is 0 Å². The van der Waals surface area contributed by atoms with Crippen molar-refractivity contribution in [2.45, 2.75) is 64.0 Å². The summed E-state index contributed by atoms with van der Waals surface area (Å²) >= 11 is 0. The first-order chi connectivity index (χ1) is 6.86. The van der Waals surface area contributed by atoms with Gasteiger partial charge in [-0.2, -0.15) is 0 Å². The molecule has 2 nitrogen and oxygen atoms in total. The predicted octanol–water partition coefficient (Wildman–Crippen LogP) is 2.72. The molecule has 0 saturated heterocycles. The monoisotopic (exact) mass is 199 g/mol. The highest BCUT2D eigenvalue weighted by atomic mass is 16.5. The van der Waals surface area contributed by atoms with Gasteiger partial charge in [-0.25, -0.2) is 0 Å². The lowest BCUT2D eigenvalue weighted by atomic mass is 10.1. The minimum Gasteiger partial charge on any atom is -0.378 e. The van der Waals surface area contributed by atoms with Crippen molar-refractivity contribution in [2.75, 3.05) is 13.7 Å². The van der Waals surface area contributed by atoms with Crippen molar-refractivity contribution in [1.29, 1.82) is 0 Å². The summed E-state index contributed by atoms with van der Waals surface area (Å²) in [6, 6.07) is 0.683. The van der Waals surface area contributed by atoms with Gasteiger partial charge >= 0.3 is 0 Å². The lowest BCUT2D eigenvalue weighted by molar-refractivity contribution is 0.0547. The van der Waals surface area contributed by atoms with Gasteiger partial charge in [-0.3, -0.25) is 0 Å². The third kappa shape index (κ3) is 4.43. The van der Waals surface area contributed by atoms with Crippen LogP contribution in [0.2, 0.25) is 0 Å². The molecular formula is C12H25NO. The quantitative estimate of drug-likeness (QED) is 0.637. The van der Waals surface area contributed by atoms with E-state index in [9.17, 15) is 0 Å². The molecule has 0 spiro atoms. The lowest BCUT2D eigenvalue weighted by Gasteiger charge is -2.15. The van der Waals surface area contributed by atoms with E-state index >= 15 is 0 Å². The zero-order valence-corrected chi connectivity index (χ0v) is 9.72. The van der Waals surface area contributed by atoms with Gasteiger partial charge in [0.05, 0.1) is 6.10 Å². The largest absolute Gasteiger partial charge is 0.378 e. The molecule has 84 valence electrons. The Hall–Kier alpha value is -0.0800. The minimum atomic E-state index is 0.588. The molecule has 2 heteroatoms. The summed E-state index contributed by atoms with van der Waals surface area (Å²) in [5.74, 6) is 0. The van der Waals surface area contributed by atoms with Crippen LogP contribution in [0.4, 0.5) is 0 Å². The summed E-state index contributed by atoms with van der Waals surface area (Å²) in [5.41, 5.74) is 0. The summed E-state index contributed by atoms with van der Waals surface area (Å²) in [4.78, 5) is 0. The molecule has 1 N–H and O–H groups in total. The molecule has 0 bridgehead atoms. The number of rotatable bonds is 7. The van der Waals surface area contributed by atoms with Crippen LogP contribution in [0.25, 0.3) is 0 Å². The Balaban J connectivity index is 1.92. The molecule has 0 heterocycles. The highest BCUT2D eigenvalue weighted by Crippen LogP contribution is 2.21. The van der Waals surface area contributed by atoms with Crippen LogP contribution in [0, 0.1) is 0 Å². The van der Waals surface area contributed by atoms with Gasteiger partial charge in [-0.15, -0.1) is 0 Å². The SMILES string of the molecule is CCC(CCCOC1CCCC1)NC. The third-order valence-electron chi connectivity index (χ3n) is 3.25. The topological polar surface area (TPSA) is 21.3 Å². The predicted molar refractivity (Wildman–Crippen MR) is 60.6 cm³/mol. The van der Waals surface area contributed by atoms with Crippen LogP contribution < -0.4 is 5.32 Å². The minimum absolute atomic E-state index is 0.588. The Bertz CT molecular complexity index is 124. The van der Waals surface area contributed by atoms with Gasteiger partial charge in [0.2, 0.25) is 0 Å². The molecule has 1 fully saturated rings. The fourth-order valence-electron chi connectivity index (χ4n) is 2.19. The van der Waals surface area contributed by atoms with E-state index in [0.29, 0.717) is 12.1 Å². The van der Waals surface area contributed by atoms with Gasteiger partial charge in [0, 0.05) is 12.6 Å². The molecule has 14 heavy (non-hydrogen) atoms. The zero-order chi connectivity index (χ0) is 10.2. The standard InChI is InChI=1S/C12H25NO/c1-3-11(13-2)7-6-10-14-12-8-4-5-9-12/h11-13H,3-10H2,1-2H3. The first kappa shape index (κ1) is 12.0. The van der Waals surface area contributed by atoms with Crippen LogP contribution in [0.5, 0.6) is 0 Å². The molecule has 0 aromatic rings. The van der Waals surface area contributed by atoms with E-state index in [2.05, 4.69) is 12.2 Å². The van der Waals surface area contributed by atoms with Gasteiger partial charge in [0.25, 0.3) is 0 Å². The summed E-state index contributed by atoms with van der Waals surface area (Å²) in [5, 5.41) is 3.32. The fourth-order valence-corrected chi connectivity index (χ4v) is 2.19. The van der Waals surface area contributed by atoms with E-state index in [1.54, 1.807) is 0 Å². The van der Waals surface area contributed by atoms with E-state index in [1.165, 1.54) is 44.9 Å². The number of hydrogen-bond acceptors (Lipinski definition) is 2. The molecule has 1 unspecified atom stereocenters. The van der Waals surface area contributed by atoms with E-state index in [0.717, 1.165) is 6.61 Å². The maximum Gasteiger partial charge on any atom is 0.0575 e. The fraction of sp³-hybridized carbons (Fsp3) is 1.00. The summed E-state index contributed by atoms with van der Waals surface area (Å²) in [6.07, 6.45) is 9.60. The second kappa shape index (κ2) is 7.24. The normalized spacial score (nSPS) is 20.1. The molecule has 1 aliphatic rings. The zero-order valence-electron chi connectivity index (χ0n) is 9.72. The Morgan fingerprint density at radius 3 is 2.64 bits per heavy atom. The van der Waals surface area contributed by atoms with Gasteiger partial charge in [-0.05, 0) is 39.2 Å². The van der Waals surface area contributed by atoms with E-state index in [1.807, 2.05) is 7.05 Å². The molecule has 0 aromatic heterocycles. The first-order valence-electron chi connectivity index (χ1n) is 6.15. The van der Waals surface area contributed by atoms with Gasteiger partial charge < -0.3 is 10.1 Å². The summed E-state index contributed by atoms with van der Waals surface area (Å²) in [6.45, 7) is 3.20. The lowest BCUT2D eigenvalue weighted by Crippen LogP contribution is -2.24. The average molecular weight is 199 g/mol. The van der Waals surface area contributed by atoms with Crippen LogP contribution in [0.3, 0.4) is 0 Å². The number of nitrogens with one attached hydrogen (secondary N) is 1. The van der Waals surface area contributed by atoms with Crippen molar-refractivity contribution in [3.8, 4) is 0 Å². The maximum absolute atomic E-state index is 5.81. The van der Waals surface area contributed by atoms with Crippen LogP contribution in [-0.2, 0) is 4.74 Å².